The summed E-state index contributed by atoms with van der Waals surface area (Å²) in [6.45, 7) is 7.71. The van der Waals surface area contributed by atoms with Crippen LogP contribution < -0.4 is 0 Å². The van der Waals surface area contributed by atoms with Crippen molar-refractivity contribution in [1.29, 1.82) is 0 Å². The Kier molecular flexibility index (Phi) is 4.14. The number of carbonyl (C=O) groups excluding carboxylic acids is 1. The van der Waals surface area contributed by atoms with E-state index in [1.165, 1.54) is 13.8 Å². The lowest BCUT2D eigenvalue weighted by molar-refractivity contribution is -0.165. The number of morpholine rings is 1. The monoisotopic (exact) mass is 243 g/mol. The van der Waals surface area contributed by atoms with Gasteiger partial charge in [-0.3, -0.25) is 9.59 Å². The van der Waals surface area contributed by atoms with Crippen molar-refractivity contribution in [3.8, 4) is 0 Å². The fourth-order valence-electron chi connectivity index (χ4n) is 1.88. The molecule has 1 heterocycles. The van der Waals surface area contributed by atoms with E-state index in [1.54, 1.807) is 4.90 Å². The van der Waals surface area contributed by atoms with Crippen LogP contribution in [0.1, 0.15) is 34.1 Å². The molecule has 5 nitrogen and oxygen atoms in total. The van der Waals surface area contributed by atoms with Gasteiger partial charge in [-0.1, -0.05) is 6.92 Å². The van der Waals surface area contributed by atoms with Crippen molar-refractivity contribution in [2.75, 3.05) is 13.2 Å². The van der Waals surface area contributed by atoms with Crippen LogP contribution in [0.2, 0.25) is 0 Å². The first kappa shape index (κ1) is 14.0. The standard InChI is InChI=1S/C12H21NO4/c1-5-9-7-17-8(2)6-13(9)10(14)12(3,4)11(15)16/h8-9H,5-7H2,1-4H3,(H,15,16). The summed E-state index contributed by atoms with van der Waals surface area (Å²) in [5, 5.41) is 9.09. The molecule has 1 N–H and O–H groups in total. The van der Waals surface area contributed by atoms with E-state index in [0.29, 0.717) is 13.2 Å². The first-order chi connectivity index (χ1) is 7.80. The van der Waals surface area contributed by atoms with E-state index in [-0.39, 0.29) is 18.1 Å². The van der Waals surface area contributed by atoms with Crippen LogP contribution >= 0.6 is 0 Å². The molecule has 1 amide bonds. The SMILES string of the molecule is CCC1COC(C)CN1C(=O)C(C)(C)C(=O)O. The number of hydrogen-bond acceptors (Lipinski definition) is 3. The van der Waals surface area contributed by atoms with Crippen molar-refractivity contribution >= 4 is 11.9 Å². The van der Waals surface area contributed by atoms with Gasteiger partial charge in [0.15, 0.2) is 0 Å². The molecule has 1 aliphatic rings. The van der Waals surface area contributed by atoms with Gasteiger partial charge in [-0.2, -0.15) is 0 Å². The van der Waals surface area contributed by atoms with Crippen molar-refractivity contribution in [3.05, 3.63) is 0 Å². The number of nitrogens with zero attached hydrogens (tertiary/aromatic N) is 1. The van der Waals surface area contributed by atoms with Gasteiger partial charge in [0.05, 0.1) is 18.8 Å². The zero-order chi connectivity index (χ0) is 13.2. The summed E-state index contributed by atoms with van der Waals surface area (Å²) in [4.78, 5) is 25.0. The number of hydrogen-bond donors (Lipinski definition) is 1. The minimum Gasteiger partial charge on any atom is -0.480 e. The molecule has 2 unspecified atom stereocenters. The number of aliphatic carboxylic acids is 1. The molecule has 17 heavy (non-hydrogen) atoms. The fourth-order valence-corrected chi connectivity index (χ4v) is 1.88. The molecule has 0 aromatic carbocycles. The van der Waals surface area contributed by atoms with E-state index in [4.69, 9.17) is 9.84 Å². The highest BCUT2D eigenvalue weighted by atomic mass is 16.5. The summed E-state index contributed by atoms with van der Waals surface area (Å²) >= 11 is 0. The van der Waals surface area contributed by atoms with Crippen LogP contribution in [0.4, 0.5) is 0 Å². The molecule has 1 fully saturated rings. The Morgan fingerprint density at radius 2 is 2.06 bits per heavy atom. The van der Waals surface area contributed by atoms with Gasteiger partial charge in [0.25, 0.3) is 0 Å². The second kappa shape index (κ2) is 5.04. The molecular weight excluding hydrogens is 222 g/mol. The Labute approximate surface area is 102 Å². The Hall–Kier alpha value is -1.10. The van der Waals surface area contributed by atoms with Gasteiger partial charge >= 0.3 is 5.97 Å². The van der Waals surface area contributed by atoms with Crippen molar-refractivity contribution < 1.29 is 19.4 Å². The lowest BCUT2D eigenvalue weighted by Crippen LogP contribution is -2.56. The highest BCUT2D eigenvalue weighted by Crippen LogP contribution is 2.24. The van der Waals surface area contributed by atoms with Crippen LogP contribution in [0.3, 0.4) is 0 Å². The predicted octanol–water partition coefficient (Wildman–Crippen LogP) is 1.12. The second-order valence-electron chi connectivity index (χ2n) is 5.09. The van der Waals surface area contributed by atoms with Crippen molar-refractivity contribution in [2.45, 2.75) is 46.3 Å². The van der Waals surface area contributed by atoms with E-state index in [2.05, 4.69) is 0 Å². The summed E-state index contributed by atoms with van der Waals surface area (Å²) in [6, 6.07) is -0.0164. The van der Waals surface area contributed by atoms with E-state index < -0.39 is 11.4 Å². The molecule has 2 atom stereocenters. The molecule has 0 aromatic heterocycles. The number of carboxylic acids is 1. The minimum atomic E-state index is -1.37. The summed E-state index contributed by atoms with van der Waals surface area (Å²) in [6.07, 6.45) is 0.736. The molecule has 0 bridgehead atoms. The molecule has 0 aromatic rings. The first-order valence-corrected chi connectivity index (χ1v) is 5.96. The smallest absolute Gasteiger partial charge is 0.318 e. The van der Waals surface area contributed by atoms with Gasteiger partial charge in [-0.05, 0) is 27.2 Å². The van der Waals surface area contributed by atoms with Gasteiger partial charge in [0, 0.05) is 6.54 Å². The molecular formula is C12H21NO4. The van der Waals surface area contributed by atoms with Crippen LogP contribution in [-0.2, 0) is 14.3 Å². The van der Waals surface area contributed by atoms with Crippen molar-refractivity contribution in [3.63, 3.8) is 0 Å². The third kappa shape index (κ3) is 2.77. The number of rotatable bonds is 3. The molecule has 0 spiro atoms. The van der Waals surface area contributed by atoms with Crippen LogP contribution in [0.5, 0.6) is 0 Å². The summed E-state index contributed by atoms with van der Waals surface area (Å²) in [5.74, 6) is -1.41. The Balaban J connectivity index is 2.88. The van der Waals surface area contributed by atoms with Crippen LogP contribution in [0, 0.1) is 5.41 Å². The van der Waals surface area contributed by atoms with E-state index in [9.17, 15) is 9.59 Å². The van der Waals surface area contributed by atoms with Crippen LogP contribution in [-0.4, -0.2) is 47.2 Å². The Morgan fingerprint density at radius 1 is 1.47 bits per heavy atom. The van der Waals surface area contributed by atoms with Gasteiger partial charge < -0.3 is 14.7 Å². The molecule has 1 aliphatic heterocycles. The van der Waals surface area contributed by atoms with Gasteiger partial charge in [-0.15, -0.1) is 0 Å². The quantitative estimate of drug-likeness (QED) is 0.754. The van der Waals surface area contributed by atoms with E-state index >= 15 is 0 Å². The minimum absolute atomic E-state index is 0.0164. The molecule has 0 radical (unpaired) electrons. The lowest BCUT2D eigenvalue weighted by atomic mass is 9.90. The fraction of sp³-hybridized carbons (Fsp3) is 0.833. The summed E-state index contributed by atoms with van der Waals surface area (Å²) in [5.41, 5.74) is -1.37. The molecule has 1 rings (SSSR count). The van der Waals surface area contributed by atoms with Crippen LogP contribution in [0.15, 0.2) is 0 Å². The molecule has 0 saturated carbocycles. The average Bonchev–Trinajstić information content (AvgIpc) is 2.27. The average molecular weight is 243 g/mol. The van der Waals surface area contributed by atoms with Crippen LogP contribution in [0.25, 0.3) is 0 Å². The van der Waals surface area contributed by atoms with E-state index in [1.807, 2.05) is 13.8 Å². The topological polar surface area (TPSA) is 66.8 Å². The number of ether oxygens (including phenoxy) is 1. The Morgan fingerprint density at radius 3 is 2.53 bits per heavy atom. The summed E-state index contributed by atoms with van der Waals surface area (Å²) in [7, 11) is 0. The van der Waals surface area contributed by atoms with E-state index in [0.717, 1.165) is 6.42 Å². The maximum Gasteiger partial charge on any atom is 0.318 e. The zero-order valence-corrected chi connectivity index (χ0v) is 10.9. The maximum absolute atomic E-state index is 12.3. The third-order valence-electron chi connectivity index (χ3n) is 3.27. The second-order valence-corrected chi connectivity index (χ2v) is 5.09. The molecule has 5 heteroatoms. The third-order valence-corrected chi connectivity index (χ3v) is 3.27. The van der Waals surface area contributed by atoms with Crippen molar-refractivity contribution in [2.24, 2.45) is 5.41 Å². The molecule has 1 saturated heterocycles. The lowest BCUT2D eigenvalue weighted by Gasteiger charge is -2.41. The first-order valence-electron chi connectivity index (χ1n) is 5.96. The van der Waals surface area contributed by atoms with Gasteiger partial charge in [0.2, 0.25) is 5.91 Å². The highest BCUT2D eigenvalue weighted by Gasteiger charge is 2.42. The maximum atomic E-state index is 12.3. The number of carboxylic acid groups (broad SMARTS) is 1. The van der Waals surface area contributed by atoms with Gasteiger partial charge in [0.1, 0.15) is 5.41 Å². The normalized spacial score (nSPS) is 25.8. The highest BCUT2D eigenvalue weighted by molar-refractivity contribution is 6.01. The predicted molar refractivity (Wildman–Crippen MR) is 62.6 cm³/mol. The largest absolute Gasteiger partial charge is 0.480 e. The van der Waals surface area contributed by atoms with Crippen molar-refractivity contribution in [1.82, 2.24) is 4.90 Å². The molecule has 98 valence electrons. The summed E-state index contributed by atoms with van der Waals surface area (Å²) < 4.78 is 5.49. The number of amides is 1. The molecule has 0 aliphatic carbocycles. The Bertz CT molecular complexity index is 314. The number of carbonyl (C=O) groups is 2. The van der Waals surface area contributed by atoms with Gasteiger partial charge in [-0.25, -0.2) is 0 Å². The zero-order valence-electron chi connectivity index (χ0n) is 10.9.